The Morgan fingerprint density at radius 1 is 0.661 bits per heavy atom. The summed E-state index contributed by atoms with van der Waals surface area (Å²) in [6.07, 6.45) is 11.8. The van der Waals surface area contributed by atoms with E-state index >= 15 is 8.78 Å². The molecule has 0 saturated heterocycles. The van der Waals surface area contributed by atoms with E-state index in [1.807, 2.05) is 29.7 Å². The van der Waals surface area contributed by atoms with Crippen molar-refractivity contribution in [2.75, 3.05) is 6.61 Å². The van der Waals surface area contributed by atoms with Crippen LogP contribution in [0.5, 0.6) is 0 Å². The maximum Gasteiger partial charge on any atom is 0.200 e. The summed E-state index contributed by atoms with van der Waals surface area (Å²) in [7, 11) is -2.68. The van der Waals surface area contributed by atoms with Gasteiger partial charge in [-0.1, -0.05) is 142 Å². The molecule has 0 aliphatic heterocycles. The smallest absolute Gasteiger partial charge is 0.200 e. The Morgan fingerprint density at radius 3 is 2.00 bits per heavy atom. The number of benzene rings is 5. The lowest BCUT2D eigenvalue weighted by Gasteiger charge is -2.41. The van der Waals surface area contributed by atoms with Crippen LogP contribution in [0.15, 0.2) is 84.9 Å². The SMILES string of the molecule is Cc1ccc2c(c1)c1c(n2Cc2c(F)c(F)c(F)c(F)c2F)-c2ccccc2C1[Si](C)(CCCCCCOC(C)(C)C)C1c2ccccc2-c2ccc(CC3CCCCC3)cc21. The minimum atomic E-state index is -2.68. The molecule has 0 spiro atoms. The van der Waals surface area contributed by atoms with Crippen LogP contribution < -0.4 is 0 Å². The number of halogens is 5. The minimum absolute atomic E-state index is 0.0223. The largest absolute Gasteiger partial charge is 0.376 e. The second-order valence-electron chi connectivity index (χ2n) is 19.7. The number of aromatic nitrogens is 1. The zero-order valence-corrected chi connectivity index (χ0v) is 37.8. The number of fused-ring (bicyclic) bond motifs is 8. The van der Waals surface area contributed by atoms with Crippen LogP contribution in [0.25, 0.3) is 33.3 Å². The monoisotopic (exact) mass is 859 g/mol. The van der Waals surface area contributed by atoms with Gasteiger partial charge in [-0.3, -0.25) is 0 Å². The molecule has 1 heterocycles. The average molecular weight is 860 g/mol. The third kappa shape index (κ3) is 7.57. The maximum absolute atomic E-state index is 15.6. The van der Waals surface area contributed by atoms with E-state index < -0.39 is 49.3 Å². The molecule has 5 aromatic carbocycles. The van der Waals surface area contributed by atoms with Gasteiger partial charge in [-0.25, -0.2) is 22.0 Å². The van der Waals surface area contributed by atoms with Crippen LogP contribution in [0.3, 0.4) is 0 Å². The molecule has 1 aromatic heterocycles. The quantitative estimate of drug-likeness (QED) is 0.0371. The van der Waals surface area contributed by atoms with Gasteiger partial charge in [0.25, 0.3) is 0 Å². The van der Waals surface area contributed by atoms with Gasteiger partial charge in [0.1, 0.15) is 0 Å². The molecule has 3 aliphatic rings. The van der Waals surface area contributed by atoms with E-state index in [1.54, 1.807) is 0 Å². The molecule has 9 rings (SSSR count). The van der Waals surface area contributed by atoms with Crippen molar-refractivity contribution in [3.05, 3.63) is 153 Å². The van der Waals surface area contributed by atoms with Crippen LogP contribution in [-0.2, 0) is 17.7 Å². The van der Waals surface area contributed by atoms with Crippen LogP contribution in [0.4, 0.5) is 22.0 Å². The molecular weight excluding hydrogens is 802 g/mol. The van der Waals surface area contributed by atoms with Crippen molar-refractivity contribution in [2.24, 2.45) is 5.92 Å². The number of nitrogens with zero attached hydrogens (tertiary/aromatic N) is 1. The Morgan fingerprint density at radius 2 is 1.29 bits per heavy atom. The third-order valence-corrected chi connectivity index (χ3v) is 19.7. The fraction of sp³-hybridized carbons (Fsp3) is 0.407. The van der Waals surface area contributed by atoms with Crippen LogP contribution in [0.2, 0.25) is 12.6 Å². The predicted molar refractivity (Wildman–Crippen MR) is 244 cm³/mol. The fourth-order valence-electron chi connectivity index (χ4n) is 11.6. The Balaban J connectivity index is 1.22. The third-order valence-electron chi connectivity index (χ3n) is 14.4. The van der Waals surface area contributed by atoms with Crippen molar-refractivity contribution in [3.63, 3.8) is 0 Å². The van der Waals surface area contributed by atoms with Crippen molar-refractivity contribution >= 4 is 19.0 Å². The standard InChI is InChI=1S/C54H58F5NOSi/c1-33-23-26-44-42(29-33)45-51(60(44)32-43-46(55)48(57)50(59)49(58)47(43)56)38-20-12-14-22-40(38)53(45)62(5,28-16-7-6-15-27-61-54(2,3)4)52-39-21-13-11-19-36(39)37-25-24-35(31-41(37)52)30-34-17-9-8-10-18-34/h11-14,19-26,29,31,34,52-53H,6-10,15-18,27-28,30,32H2,1-5H3. The maximum atomic E-state index is 15.6. The lowest BCUT2D eigenvalue weighted by atomic mass is 9.84. The van der Waals surface area contributed by atoms with Gasteiger partial charge in [0.15, 0.2) is 23.3 Å². The molecule has 3 unspecified atom stereocenters. The average Bonchev–Trinajstić information content (AvgIpc) is 3.89. The van der Waals surface area contributed by atoms with Gasteiger partial charge in [-0.2, -0.15) is 0 Å². The number of aryl methyl sites for hydroxylation is 1. The summed E-state index contributed by atoms with van der Waals surface area (Å²) >= 11 is 0. The molecule has 3 atom stereocenters. The first-order valence-corrected chi connectivity index (χ1v) is 25.7. The summed E-state index contributed by atoms with van der Waals surface area (Å²) < 4.78 is 83.1. The molecule has 0 bridgehead atoms. The van der Waals surface area contributed by atoms with E-state index in [2.05, 4.69) is 94.0 Å². The Kier molecular flexibility index (Phi) is 11.6. The van der Waals surface area contributed by atoms with Gasteiger partial charge in [0, 0.05) is 39.7 Å². The normalized spacial score (nSPS) is 18.2. The van der Waals surface area contributed by atoms with Crippen molar-refractivity contribution in [2.45, 2.75) is 128 Å². The van der Waals surface area contributed by atoms with Gasteiger partial charge >= 0.3 is 0 Å². The molecule has 0 radical (unpaired) electrons. The first-order valence-electron chi connectivity index (χ1n) is 22.8. The summed E-state index contributed by atoms with van der Waals surface area (Å²) in [6, 6.07) is 31.7. The zero-order valence-electron chi connectivity index (χ0n) is 36.8. The second kappa shape index (κ2) is 16.9. The summed E-state index contributed by atoms with van der Waals surface area (Å²) in [5, 5.41) is 0.973. The second-order valence-corrected chi connectivity index (χ2v) is 24.4. The van der Waals surface area contributed by atoms with Crippen molar-refractivity contribution < 1.29 is 26.7 Å². The Hall–Kier alpha value is -4.53. The molecule has 2 nitrogen and oxygen atoms in total. The Labute approximate surface area is 364 Å². The molecule has 0 amide bonds. The fourth-order valence-corrected chi connectivity index (χ4v) is 17.4. The molecule has 8 heteroatoms. The summed E-state index contributed by atoms with van der Waals surface area (Å²) in [6.45, 7) is 11.1. The first kappa shape index (κ1) is 42.8. The van der Waals surface area contributed by atoms with Gasteiger partial charge in [0.05, 0.1) is 25.9 Å². The summed E-state index contributed by atoms with van der Waals surface area (Å²) in [5.74, 6) is -8.87. The number of unbranched alkanes of at least 4 members (excludes halogenated alkanes) is 3. The topological polar surface area (TPSA) is 14.2 Å². The van der Waals surface area contributed by atoms with E-state index in [4.69, 9.17) is 4.74 Å². The van der Waals surface area contributed by atoms with Gasteiger partial charge in [0.2, 0.25) is 5.82 Å². The van der Waals surface area contributed by atoms with Gasteiger partial charge in [-0.15, -0.1) is 0 Å². The van der Waals surface area contributed by atoms with Crippen LogP contribution in [0, 0.1) is 41.9 Å². The van der Waals surface area contributed by atoms with Gasteiger partial charge < -0.3 is 9.30 Å². The van der Waals surface area contributed by atoms with Gasteiger partial charge in [-0.05, 0) is 97.5 Å². The van der Waals surface area contributed by atoms with E-state index in [9.17, 15) is 13.2 Å². The molecule has 1 saturated carbocycles. The van der Waals surface area contributed by atoms with Crippen LogP contribution in [-0.4, -0.2) is 24.8 Å². The number of hydrogen-bond acceptors (Lipinski definition) is 1. The lowest BCUT2D eigenvalue weighted by Crippen LogP contribution is -2.45. The van der Waals surface area contributed by atoms with E-state index in [0.717, 1.165) is 78.0 Å². The zero-order chi connectivity index (χ0) is 43.5. The van der Waals surface area contributed by atoms with E-state index in [0.29, 0.717) is 5.92 Å². The number of hydrogen-bond donors (Lipinski definition) is 0. The summed E-state index contributed by atoms with van der Waals surface area (Å²) in [5.41, 5.74) is 11.8. The summed E-state index contributed by atoms with van der Waals surface area (Å²) in [4.78, 5) is 0. The lowest BCUT2D eigenvalue weighted by molar-refractivity contribution is -0.00471. The first-order chi connectivity index (χ1) is 29.8. The highest BCUT2D eigenvalue weighted by atomic mass is 28.3. The van der Waals surface area contributed by atoms with E-state index in [1.165, 1.54) is 65.5 Å². The van der Waals surface area contributed by atoms with Crippen molar-refractivity contribution in [3.8, 4) is 22.4 Å². The highest BCUT2D eigenvalue weighted by molar-refractivity contribution is 6.83. The van der Waals surface area contributed by atoms with Crippen molar-refractivity contribution in [1.82, 2.24) is 4.57 Å². The van der Waals surface area contributed by atoms with Crippen LogP contribution in [0.1, 0.15) is 129 Å². The van der Waals surface area contributed by atoms with Crippen molar-refractivity contribution in [1.29, 1.82) is 0 Å². The minimum Gasteiger partial charge on any atom is -0.376 e. The molecule has 62 heavy (non-hydrogen) atoms. The molecule has 6 aromatic rings. The van der Waals surface area contributed by atoms with Crippen LogP contribution >= 0.6 is 0 Å². The molecule has 324 valence electrons. The predicted octanol–water partition coefficient (Wildman–Crippen LogP) is 15.3. The number of ether oxygens (including phenoxy) is 1. The molecule has 3 aliphatic carbocycles. The highest BCUT2D eigenvalue weighted by Crippen LogP contribution is 2.61. The molecular formula is C54H58F5NOSi. The number of rotatable bonds is 13. The highest BCUT2D eigenvalue weighted by Gasteiger charge is 2.53. The molecule has 0 N–H and O–H groups in total. The van der Waals surface area contributed by atoms with E-state index in [-0.39, 0.29) is 16.7 Å². The molecule has 1 fully saturated rings. The Bertz CT molecular complexity index is 2630.